The van der Waals surface area contributed by atoms with Gasteiger partial charge in [0, 0.05) is 37.0 Å². The fraction of sp³-hybridized carbons (Fsp3) is 0.429. The Kier molecular flexibility index (Phi) is 4.98. The third kappa shape index (κ3) is 3.51. The van der Waals surface area contributed by atoms with Gasteiger partial charge in [-0.1, -0.05) is 54.6 Å². The maximum absolute atomic E-state index is 10.9. The second-order valence-electron chi connectivity index (χ2n) is 9.91. The lowest BCUT2D eigenvalue weighted by atomic mass is 9.81. The molecule has 2 atom stereocenters. The van der Waals surface area contributed by atoms with Crippen LogP contribution >= 0.6 is 0 Å². The molecule has 32 heavy (non-hydrogen) atoms. The number of aliphatic hydroxyl groups is 2. The Morgan fingerprint density at radius 2 is 1.81 bits per heavy atom. The van der Waals surface area contributed by atoms with Gasteiger partial charge in [0.1, 0.15) is 11.4 Å². The molecule has 1 spiro atoms. The van der Waals surface area contributed by atoms with Crippen LogP contribution in [0, 0.1) is 0 Å². The van der Waals surface area contributed by atoms with Crippen molar-refractivity contribution in [3.63, 3.8) is 0 Å². The van der Waals surface area contributed by atoms with Crippen molar-refractivity contribution in [2.75, 3.05) is 19.6 Å². The number of ether oxygens (including phenoxy) is 1. The lowest BCUT2D eigenvalue weighted by molar-refractivity contribution is -0.0577. The monoisotopic (exact) mass is 429 g/mol. The number of hydrogen-bond acceptors (Lipinski definition) is 4. The summed E-state index contributed by atoms with van der Waals surface area (Å²) in [5, 5.41) is 24.1. The van der Waals surface area contributed by atoms with Crippen LogP contribution < -0.4 is 4.74 Å². The number of hydrogen-bond donors (Lipinski definition) is 2. The van der Waals surface area contributed by atoms with E-state index in [0.717, 1.165) is 60.0 Å². The number of nitrogens with zero attached hydrogens (tertiary/aromatic N) is 1. The van der Waals surface area contributed by atoms with Gasteiger partial charge in [-0.05, 0) is 54.2 Å². The smallest absolute Gasteiger partial charge is 0.133 e. The van der Waals surface area contributed by atoms with Crippen LogP contribution in [0.2, 0.25) is 0 Å². The molecule has 1 fully saturated rings. The van der Waals surface area contributed by atoms with Crippen LogP contribution in [0.3, 0.4) is 0 Å². The number of benzene rings is 3. The lowest BCUT2D eigenvalue weighted by Gasteiger charge is -2.46. The van der Waals surface area contributed by atoms with Crippen molar-refractivity contribution in [2.45, 2.75) is 56.3 Å². The van der Waals surface area contributed by atoms with E-state index in [2.05, 4.69) is 41.3 Å². The predicted octanol–water partition coefficient (Wildman–Crippen LogP) is 4.71. The van der Waals surface area contributed by atoms with Gasteiger partial charge in [-0.25, -0.2) is 0 Å². The van der Waals surface area contributed by atoms with Crippen molar-refractivity contribution in [3.05, 3.63) is 76.9 Å². The SMILES string of the molecule is O[C@H](CN1CCC2(CC1)C[C@@H](O)c1ccc3ccccc3c1O2)c1ccc2c(c1)CCC2. The highest BCUT2D eigenvalue weighted by atomic mass is 16.5. The van der Waals surface area contributed by atoms with Crippen molar-refractivity contribution < 1.29 is 14.9 Å². The lowest BCUT2D eigenvalue weighted by Crippen LogP contribution is -2.51. The summed E-state index contributed by atoms with van der Waals surface area (Å²) in [5.74, 6) is 0.855. The molecule has 0 aromatic heterocycles. The second kappa shape index (κ2) is 7.87. The van der Waals surface area contributed by atoms with Crippen molar-refractivity contribution in [1.29, 1.82) is 0 Å². The standard InChI is InChI=1S/C28H31NO3/c30-25-17-28(32-27-23-7-2-1-4-20(23)10-11-24(25)27)12-14-29(15-13-28)18-26(31)22-9-8-19-5-3-6-21(19)16-22/h1-2,4,7-11,16,25-26,30-31H,3,5-6,12-15,17-18H2/t25-,26-/m1/s1. The van der Waals surface area contributed by atoms with Crippen molar-refractivity contribution >= 4 is 10.8 Å². The van der Waals surface area contributed by atoms with E-state index in [1.54, 1.807) is 0 Å². The first-order valence-corrected chi connectivity index (χ1v) is 12.0. The number of aliphatic hydroxyl groups excluding tert-OH is 2. The third-order valence-electron chi connectivity index (χ3n) is 7.86. The van der Waals surface area contributed by atoms with Crippen molar-refractivity contribution in [2.24, 2.45) is 0 Å². The molecule has 4 heteroatoms. The molecule has 2 aliphatic heterocycles. The number of piperidine rings is 1. The summed E-state index contributed by atoms with van der Waals surface area (Å²) in [4.78, 5) is 2.34. The summed E-state index contributed by atoms with van der Waals surface area (Å²) in [6.45, 7) is 2.39. The molecule has 0 amide bonds. The van der Waals surface area contributed by atoms with Crippen molar-refractivity contribution in [1.82, 2.24) is 4.90 Å². The molecular formula is C28H31NO3. The van der Waals surface area contributed by atoms with Crippen LogP contribution in [0.4, 0.5) is 0 Å². The summed E-state index contributed by atoms with van der Waals surface area (Å²) in [6.07, 6.45) is 4.95. The molecule has 3 aliphatic rings. The van der Waals surface area contributed by atoms with Gasteiger partial charge in [0.2, 0.25) is 0 Å². The summed E-state index contributed by atoms with van der Waals surface area (Å²) in [6, 6.07) is 18.8. The van der Waals surface area contributed by atoms with Gasteiger partial charge in [0.15, 0.2) is 0 Å². The highest BCUT2D eigenvalue weighted by Gasteiger charge is 2.43. The van der Waals surface area contributed by atoms with Gasteiger partial charge in [-0.2, -0.15) is 0 Å². The van der Waals surface area contributed by atoms with E-state index < -0.39 is 12.2 Å². The van der Waals surface area contributed by atoms with E-state index in [1.165, 1.54) is 24.0 Å². The molecule has 1 saturated heterocycles. The van der Waals surface area contributed by atoms with Crippen LogP contribution in [0.5, 0.6) is 5.75 Å². The highest BCUT2D eigenvalue weighted by Crippen LogP contribution is 2.47. The fourth-order valence-electron chi connectivity index (χ4n) is 5.95. The van der Waals surface area contributed by atoms with Gasteiger partial charge in [0.05, 0.1) is 12.2 Å². The Morgan fingerprint density at radius 1 is 1.00 bits per heavy atom. The second-order valence-corrected chi connectivity index (χ2v) is 9.91. The number of fused-ring (bicyclic) bond motifs is 4. The molecular weight excluding hydrogens is 398 g/mol. The zero-order valence-electron chi connectivity index (χ0n) is 18.5. The molecule has 4 nitrogen and oxygen atoms in total. The number of likely N-dealkylation sites (tertiary alicyclic amines) is 1. The zero-order chi connectivity index (χ0) is 21.7. The molecule has 0 bridgehead atoms. The van der Waals surface area contributed by atoms with E-state index >= 15 is 0 Å². The predicted molar refractivity (Wildman–Crippen MR) is 126 cm³/mol. The van der Waals surface area contributed by atoms with Gasteiger partial charge < -0.3 is 19.8 Å². The minimum absolute atomic E-state index is 0.328. The van der Waals surface area contributed by atoms with Crippen LogP contribution in [0.25, 0.3) is 10.8 Å². The van der Waals surface area contributed by atoms with E-state index in [9.17, 15) is 10.2 Å². The van der Waals surface area contributed by atoms with E-state index in [4.69, 9.17) is 4.74 Å². The molecule has 0 unspecified atom stereocenters. The number of rotatable bonds is 3. The Labute approximate surface area is 189 Å². The third-order valence-corrected chi connectivity index (χ3v) is 7.86. The Balaban J connectivity index is 1.16. The Morgan fingerprint density at radius 3 is 2.69 bits per heavy atom. The Bertz CT molecular complexity index is 1150. The summed E-state index contributed by atoms with van der Waals surface area (Å²) in [5.41, 5.74) is 4.47. The van der Waals surface area contributed by atoms with Crippen LogP contribution in [-0.4, -0.2) is 40.3 Å². The molecule has 2 N–H and O–H groups in total. The quantitative estimate of drug-likeness (QED) is 0.633. The van der Waals surface area contributed by atoms with Gasteiger partial charge in [-0.3, -0.25) is 0 Å². The molecule has 3 aromatic carbocycles. The molecule has 6 rings (SSSR count). The largest absolute Gasteiger partial charge is 0.486 e. The summed E-state index contributed by atoms with van der Waals surface area (Å²) < 4.78 is 6.68. The zero-order valence-corrected chi connectivity index (χ0v) is 18.5. The van der Waals surface area contributed by atoms with Crippen LogP contribution in [0.15, 0.2) is 54.6 Å². The first-order chi connectivity index (χ1) is 15.6. The topological polar surface area (TPSA) is 52.9 Å². The normalized spacial score (nSPS) is 23.0. The van der Waals surface area contributed by atoms with Gasteiger partial charge in [-0.15, -0.1) is 0 Å². The van der Waals surface area contributed by atoms with Crippen LogP contribution in [-0.2, 0) is 12.8 Å². The minimum atomic E-state index is -0.494. The molecule has 0 radical (unpaired) electrons. The number of β-amino-alcohol motifs (C(OH)–C–C–N with tert-alkyl or cyclic N) is 1. The average molecular weight is 430 g/mol. The van der Waals surface area contributed by atoms with E-state index in [1.807, 2.05) is 18.2 Å². The highest BCUT2D eigenvalue weighted by molar-refractivity contribution is 5.90. The molecule has 3 aromatic rings. The summed E-state index contributed by atoms with van der Waals surface area (Å²) >= 11 is 0. The molecule has 0 saturated carbocycles. The van der Waals surface area contributed by atoms with E-state index in [0.29, 0.717) is 13.0 Å². The average Bonchev–Trinajstić information content (AvgIpc) is 3.29. The van der Waals surface area contributed by atoms with Gasteiger partial charge >= 0.3 is 0 Å². The molecule has 166 valence electrons. The Hall–Kier alpha value is -2.40. The van der Waals surface area contributed by atoms with E-state index in [-0.39, 0.29) is 5.60 Å². The van der Waals surface area contributed by atoms with Crippen LogP contribution in [0.1, 0.15) is 60.1 Å². The minimum Gasteiger partial charge on any atom is -0.486 e. The van der Waals surface area contributed by atoms with Crippen molar-refractivity contribution in [3.8, 4) is 5.75 Å². The maximum atomic E-state index is 10.9. The first-order valence-electron chi connectivity index (χ1n) is 12.0. The number of aryl methyl sites for hydroxylation is 2. The first kappa shape index (κ1) is 20.2. The summed E-state index contributed by atoms with van der Waals surface area (Å²) in [7, 11) is 0. The van der Waals surface area contributed by atoms with Gasteiger partial charge in [0.25, 0.3) is 0 Å². The molecule has 2 heterocycles. The maximum Gasteiger partial charge on any atom is 0.133 e. The molecule has 1 aliphatic carbocycles. The fourth-order valence-corrected chi connectivity index (χ4v) is 5.95.